The minimum Gasteiger partial charge on any atom is -0.437 e. The molecule has 192 valence electrons. The topological polar surface area (TPSA) is 64.1 Å². The summed E-state index contributed by atoms with van der Waals surface area (Å²) in [6.45, 7) is 2.19. The fourth-order valence-corrected chi connectivity index (χ4v) is 3.80. The SMILES string of the molecule is Cc1ccc(C(F)(F)CNC(=O)c2c(Oc3cccc(C(F)(F)F)c3)nnc3cc(F)ccc23)c(C)c1. The smallest absolute Gasteiger partial charge is 0.416 e. The number of alkyl halides is 5. The Morgan fingerprint density at radius 3 is 2.41 bits per heavy atom. The molecule has 0 bridgehead atoms. The van der Waals surface area contributed by atoms with E-state index < -0.39 is 41.8 Å². The molecule has 0 spiro atoms. The van der Waals surface area contributed by atoms with E-state index in [1.54, 1.807) is 13.0 Å². The molecule has 37 heavy (non-hydrogen) atoms. The Morgan fingerprint density at radius 1 is 0.946 bits per heavy atom. The summed E-state index contributed by atoms with van der Waals surface area (Å²) in [6, 6.07) is 11.3. The molecule has 3 aromatic carbocycles. The van der Waals surface area contributed by atoms with E-state index in [0.29, 0.717) is 11.6 Å². The van der Waals surface area contributed by atoms with Crippen LogP contribution in [0, 0.1) is 19.7 Å². The van der Waals surface area contributed by atoms with Crippen molar-refractivity contribution in [2.45, 2.75) is 25.9 Å². The number of fused-ring (bicyclic) bond motifs is 1. The summed E-state index contributed by atoms with van der Waals surface area (Å²) in [6.07, 6.45) is -4.66. The summed E-state index contributed by atoms with van der Waals surface area (Å²) in [7, 11) is 0. The molecule has 0 atom stereocenters. The van der Waals surface area contributed by atoms with Gasteiger partial charge in [-0.25, -0.2) is 4.39 Å². The number of amides is 1. The van der Waals surface area contributed by atoms with Crippen molar-refractivity contribution in [2.24, 2.45) is 0 Å². The molecule has 1 aromatic heterocycles. The maximum absolute atomic E-state index is 15.0. The highest BCUT2D eigenvalue weighted by atomic mass is 19.4. The molecule has 0 unspecified atom stereocenters. The second-order valence-electron chi connectivity index (χ2n) is 8.37. The molecule has 1 heterocycles. The molecule has 11 heteroatoms. The number of carbonyl (C=O) groups excluding carboxylic acids is 1. The van der Waals surface area contributed by atoms with Crippen molar-refractivity contribution in [3.8, 4) is 11.6 Å². The summed E-state index contributed by atoms with van der Waals surface area (Å²) >= 11 is 0. The Labute approximate surface area is 207 Å². The number of hydrogen-bond acceptors (Lipinski definition) is 4. The zero-order valence-corrected chi connectivity index (χ0v) is 19.5. The standard InChI is InChI=1S/C26H19F6N3O2/c1-14-6-9-20(15(2)10-14)25(28,29)13-33-23(36)22-19-8-7-17(27)12-21(19)34-35-24(22)37-18-5-3-4-16(11-18)26(30,31)32/h3-12H,13H2,1-2H3,(H,33,36). The number of nitrogens with zero attached hydrogens (tertiary/aromatic N) is 2. The van der Waals surface area contributed by atoms with Crippen molar-refractivity contribution < 1.29 is 35.9 Å². The third-order valence-corrected chi connectivity index (χ3v) is 5.54. The van der Waals surface area contributed by atoms with Gasteiger partial charge in [-0.2, -0.15) is 22.0 Å². The summed E-state index contributed by atoms with van der Waals surface area (Å²) in [5, 5.41) is 9.62. The monoisotopic (exact) mass is 519 g/mol. The zero-order valence-electron chi connectivity index (χ0n) is 19.5. The maximum atomic E-state index is 15.0. The van der Waals surface area contributed by atoms with Gasteiger partial charge in [0.15, 0.2) is 0 Å². The molecular formula is C26H19F6N3O2. The van der Waals surface area contributed by atoms with E-state index in [1.807, 2.05) is 0 Å². The number of hydrogen-bond donors (Lipinski definition) is 1. The lowest BCUT2D eigenvalue weighted by Crippen LogP contribution is -2.35. The van der Waals surface area contributed by atoms with E-state index in [9.17, 15) is 31.1 Å². The van der Waals surface area contributed by atoms with Crippen molar-refractivity contribution in [3.05, 3.63) is 94.3 Å². The molecule has 0 aliphatic rings. The van der Waals surface area contributed by atoms with Crippen molar-refractivity contribution in [1.82, 2.24) is 15.5 Å². The number of rotatable bonds is 6. The first-order valence-corrected chi connectivity index (χ1v) is 10.9. The first-order valence-electron chi connectivity index (χ1n) is 10.9. The lowest BCUT2D eigenvalue weighted by molar-refractivity contribution is -0.137. The summed E-state index contributed by atoms with van der Waals surface area (Å²) in [5.74, 6) is -6.05. The van der Waals surface area contributed by atoms with Gasteiger partial charge in [0.2, 0.25) is 0 Å². The van der Waals surface area contributed by atoms with E-state index in [1.165, 1.54) is 31.2 Å². The largest absolute Gasteiger partial charge is 0.437 e. The van der Waals surface area contributed by atoms with Crippen LogP contribution < -0.4 is 10.1 Å². The fraction of sp³-hybridized carbons (Fsp3) is 0.192. The highest BCUT2D eigenvalue weighted by Crippen LogP contribution is 2.35. The molecule has 0 radical (unpaired) electrons. The van der Waals surface area contributed by atoms with Crippen LogP contribution in [0.3, 0.4) is 0 Å². The number of benzene rings is 3. The van der Waals surface area contributed by atoms with Crippen molar-refractivity contribution in [1.29, 1.82) is 0 Å². The predicted octanol–water partition coefficient (Wildman–Crippen LogP) is 6.72. The zero-order chi connectivity index (χ0) is 27.0. The van der Waals surface area contributed by atoms with Crippen LogP contribution >= 0.6 is 0 Å². The van der Waals surface area contributed by atoms with Gasteiger partial charge in [-0.1, -0.05) is 29.8 Å². The van der Waals surface area contributed by atoms with Gasteiger partial charge in [0.1, 0.15) is 17.1 Å². The fourth-order valence-electron chi connectivity index (χ4n) is 3.80. The molecule has 1 amide bonds. The average Bonchev–Trinajstić information content (AvgIpc) is 2.82. The first-order chi connectivity index (χ1) is 17.3. The lowest BCUT2D eigenvalue weighted by Gasteiger charge is -2.20. The number of ether oxygens (including phenoxy) is 1. The van der Waals surface area contributed by atoms with Crippen LogP contribution in [0.4, 0.5) is 26.3 Å². The number of halogens is 6. The normalized spacial score (nSPS) is 12.0. The predicted molar refractivity (Wildman–Crippen MR) is 123 cm³/mol. The van der Waals surface area contributed by atoms with Crippen LogP contribution in [0.15, 0.2) is 60.7 Å². The highest BCUT2D eigenvalue weighted by molar-refractivity contribution is 6.07. The van der Waals surface area contributed by atoms with E-state index >= 15 is 0 Å². The van der Waals surface area contributed by atoms with Crippen LogP contribution in [0.2, 0.25) is 0 Å². The van der Waals surface area contributed by atoms with Gasteiger partial charge < -0.3 is 10.1 Å². The van der Waals surface area contributed by atoms with Gasteiger partial charge in [-0.05, 0) is 49.7 Å². The maximum Gasteiger partial charge on any atom is 0.416 e. The average molecular weight is 519 g/mol. The van der Waals surface area contributed by atoms with Gasteiger partial charge >= 0.3 is 6.18 Å². The van der Waals surface area contributed by atoms with Crippen LogP contribution in [-0.2, 0) is 12.1 Å². The third-order valence-electron chi connectivity index (χ3n) is 5.54. The molecule has 0 saturated heterocycles. The van der Waals surface area contributed by atoms with Gasteiger partial charge in [0.25, 0.3) is 17.7 Å². The van der Waals surface area contributed by atoms with Gasteiger partial charge in [-0.15, -0.1) is 10.2 Å². The van der Waals surface area contributed by atoms with Crippen LogP contribution in [0.25, 0.3) is 10.9 Å². The lowest BCUT2D eigenvalue weighted by atomic mass is 10.00. The van der Waals surface area contributed by atoms with Crippen molar-refractivity contribution in [2.75, 3.05) is 6.54 Å². The van der Waals surface area contributed by atoms with Gasteiger partial charge in [0, 0.05) is 17.0 Å². The van der Waals surface area contributed by atoms with Gasteiger partial charge in [0.05, 0.1) is 17.6 Å². The molecule has 0 saturated carbocycles. The number of nitrogens with one attached hydrogen (secondary N) is 1. The molecular weight excluding hydrogens is 500 g/mol. The number of carbonyl (C=O) groups is 1. The second-order valence-corrected chi connectivity index (χ2v) is 8.37. The Balaban J connectivity index is 1.70. The third kappa shape index (κ3) is 5.65. The Morgan fingerprint density at radius 2 is 1.70 bits per heavy atom. The van der Waals surface area contributed by atoms with E-state index in [-0.39, 0.29) is 27.8 Å². The number of aryl methyl sites for hydroxylation is 2. The molecule has 0 aliphatic carbocycles. The van der Waals surface area contributed by atoms with E-state index in [2.05, 4.69) is 15.5 Å². The first kappa shape index (κ1) is 25.9. The second kappa shape index (κ2) is 9.72. The summed E-state index contributed by atoms with van der Waals surface area (Å²) in [5.41, 5.74) is -0.640. The van der Waals surface area contributed by atoms with Crippen LogP contribution in [-0.4, -0.2) is 22.6 Å². The Bertz CT molecular complexity index is 1490. The molecule has 0 aliphatic heterocycles. The molecule has 5 nitrogen and oxygen atoms in total. The minimum atomic E-state index is -4.66. The summed E-state index contributed by atoms with van der Waals surface area (Å²) in [4.78, 5) is 13.1. The van der Waals surface area contributed by atoms with Crippen LogP contribution in [0.5, 0.6) is 11.6 Å². The number of aromatic nitrogens is 2. The van der Waals surface area contributed by atoms with Gasteiger partial charge in [-0.3, -0.25) is 4.79 Å². The van der Waals surface area contributed by atoms with E-state index in [4.69, 9.17) is 4.74 Å². The Hall–Kier alpha value is -4.15. The molecule has 0 fully saturated rings. The molecule has 4 rings (SSSR count). The summed E-state index contributed by atoms with van der Waals surface area (Å²) < 4.78 is 88.4. The van der Waals surface area contributed by atoms with Crippen molar-refractivity contribution >= 4 is 16.8 Å². The molecule has 1 N–H and O–H groups in total. The van der Waals surface area contributed by atoms with Crippen molar-refractivity contribution in [3.63, 3.8) is 0 Å². The molecule has 4 aromatic rings. The quantitative estimate of drug-likeness (QED) is 0.287. The minimum absolute atomic E-state index is 0.00529. The van der Waals surface area contributed by atoms with E-state index in [0.717, 1.165) is 29.8 Å². The Kier molecular flexibility index (Phi) is 6.81. The highest BCUT2D eigenvalue weighted by Gasteiger charge is 2.35. The van der Waals surface area contributed by atoms with Crippen LogP contribution in [0.1, 0.15) is 32.6 Å².